The van der Waals surface area contributed by atoms with Crippen LogP contribution in [0.25, 0.3) is 11.0 Å². The maximum Gasteiger partial charge on any atom is 0.313 e. The highest BCUT2D eigenvalue weighted by Gasteiger charge is 2.17. The zero-order valence-electron chi connectivity index (χ0n) is 6.30. The molecule has 0 unspecified atom stereocenters. The summed E-state index contributed by atoms with van der Waals surface area (Å²) in [5.74, 6) is 0. The molecule has 0 amide bonds. The molecule has 2 N–H and O–H groups in total. The fraction of sp³-hybridized carbons (Fsp3) is 0. The molecule has 2 rings (SSSR count). The van der Waals surface area contributed by atoms with Gasteiger partial charge in [0.2, 0.25) is 5.03 Å². The van der Waals surface area contributed by atoms with Crippen LogP contribution in [-0.2, 0) is 10.1 Å². The largest absolute Gasteiger partial charge is 0.313 e. The smallest absolute Gasteiger partial charge is 0.281 e. The molecule has 13 heavy (non-hydrogen) atoms. The summed E-state index contributed by atoms with van der Waals surface area (Å²) in [5, 5.41) is 5.49. The van der Waals surface area contributed by atoms with Crippen molar-refractivity contribution in [1.82, 2.24) is 15.2 Å². The molecule has 0 aliphatic rings. The van der Waals surface area contributed by atoms with E-state index < -0.39 is 10.1 Å². The lowest BCUT2D eigenvalue weighted by molar-refractivity contribution is 0.480. The fourth-order valence-electron chi connectivity index (χ4n) is 1.01. The van der Waals surface area contributed by atoms with Crippen LogP contribution in [0.2, 0.25) is 0 Å². The van der Waals surface area contributed by atoms with Crippen molar-refractivity contribution < 1.29 is 13.0 Å². The van der Waals surface area contributed by atoms with Crippen LogP contribution in [0.15, 0.2) is 23.4 Å². The average molecular weight is 199 g/mol. The highest BCUT2D eigenvalue weighted by molar-refractivity contribution is 7.86. The number of nitrogens with zero attached hydrogens (tertiary/aromatic N) is 2. The number of rotatable bonds is 1. The third-order valence-corrected chi connectivity index (χ3v) is 2.34. The number of aromatic nitrogens is 3. The van der Waals surface area contributed by atoms with Crippen LogP contribution in [0.3, 0.4) is 0 Å². The maximum absolute atomic E-state index is 10.8. The number of hydrogen-bond acceptors (Lipinski definition) is 4. The fourth-order valence-corrected chi connectivity index (χ4v) is 1.57. The number of aromatic amines is 1. The molecule has 0 saturated carbocycles. The van der Waals surface area contributed by atoms with Crippen molar-refractivity contribution in [2.75, 3.05) is 0 Å². The Bertz CT molecular complexity index is 545. The van der Waals surface area contributed by atoms with Crippen molar-refractivity contribution in [3.63, 3.8) is 0 Å². The first-order chi connectivity index (χ1) is 6.09. The Balaban J connectivity index is 2.87. The molecule has 0 bridgehead atoms. The summed E-state index contributed by atoms with van der Waals surface area (Å²) in [7, 11) is -4.27. The Labute approximate surface area is 73.4 Å². The lowest BCUT2D eigenvalue weighted by Gasteiger charge is -1.90. The van der Waals surface area contributed by atoms with Crippen LogP contribution in [0.4, 0.5) is 0 Å². The van der Waals surface area contributed by atoms with Gasteiger partial charge in [-0.15, -0.1) is 0 Å². The second-order valence-corrected chi connectivity index (χ2v) is 3.76. The maximum atomic E-state index is 10.8. The molecule has 2 aromatic rings. The van der Waals surface area contributed by atoms with Gasteiger partial charge in [0.25, 0.3) is 0 Å². The molecular formula is C6H5N3O3S. The van der Waals surface area contributed by atoms with Gasteiger partial charge in [0.1, 0.15) is 11.0 Å². The number of hydrogen-bond donors (Lipinski definition) is 2. The molecule has 2 aromatic heterocycles. The topological polar surface area (TPSA) is 95.9 Å². The lowest BCUT2D eigenvalue weighted by Crippen LogP contribution is -1.99. The Morgan fingerprint density at radius 3 is 2.92 bits per heavy atom. The minimum Gasteiger partial charge on any atom is -0.281 e. The minimum atomic E-state index is -4.27. The Morgan fingerprint density at radius 2 is 2.23 bits per heavy atom. The van der Waals surface area contributed by atoms with Gasteiger partial charge < -0.3 is 0 Å². The summed E-state index contributed by atoms with van der Waals surface area (Å²) >= 11 is 0. The van der Waals surface area contributed by atoms with Crippen LogP contribution < -0.4 is 0 Å². The first kappa shape index (κ1) is 8.14. The van der Waals surface area contributed by atoms with E-state index >= 15 is 0 Å². The first-order valence-corrected chi connectivity index (χ1v) is 4.79. The van der Waals surface area contributed by atoms with Gasteiger partial charge in [-0.1, -0.05) is 0 Å². The van der Waals surface area contributed by atoms with Crippen LogP contribution >= 0.6 is 0 Å². The standard InChI is InChI=1S/C6H5N3O3S/c10-13(11,12)6-5-4(8-9-6)2-1-3-7-5/h1-3H,(H,8,9)(H,10,11,12). The van der Waals surface area contributed by atoms with Gasteiger partial charge in [0, 0.05) is 6.20 Å². The molecule has 6 nitrogen and oxygen atoms in total. The highest BCUT2D eigenvalue weighted by Crippen LogP contribution is 2.15. The second kappa shape index (κ2) is 2.51. The second-order valence-electron chi connectivity index (χ2n) is 2.40. The van der Waals surface area contributed by atoms with E-state index in [1.54, 1.807) is 12.1 Å². The molecule has 7 heteroatoms. The molecule has 0 aromatic carbocycles. The van der Waals surface area contributed by atoms with E-state index in [2.05, 4.69) is 15.2 Å². The van der Waals surface area contributed by atoms with Crippen molar-refractivity contribution in [3.05, 3.63) is 18.3 Å². The zero-order valence-corrected chi connectivity index (χ0v) is 7.11. The number of pyridine rings is 1. The van der Waals surface area contributed by atoms with E-state index in [1.807, 2.05) is 0 Å². The average Bonchev–Trinajstić information content (AvgIpc) is 2.45. The molecule has 0 aliphatic carbocycles. The molecule has 0 fully saturated rings. The van der Waals surface area contributed by atoms with Gasteiger partial charge in [-0.2, -0.15) is 13.5 Å². The normalized spacial score (nSPS) is 12.1. The van der Waals surface area contributed by atoms with Gasteiger partial charge in [-0.05, 0) is 12.1 Å². The van der Waals surface area contributed by atoms with Crippen molar-refractivity contribution in [2.24, 2.45) is 0 Å². The van der Waals surface area contributed by atoms with Gasteiger partial charge in [0.05, 0.1) is 0 Å². The molecule has 0 saturated heterocycles. The summed E-state index contributed by atoms with van der Waals surface area (Å²) in [6, 6.07) is 3.21. The van der Waals surface area contributed by atoms with E-state index in [0.717, 1.165) is 0 Å². The quantitative estimate of drug-likeness (QED) is 0.640. The summed E-state index contributed by atoms with van der Waals surface area (Å²) in [5.41, 5.74) is 0.542. The first-order valence-electron chi connectivity index (χ1n) is 3.35. The van der Waals surface area contributed by atoms with Gasteiger partial charge in [-0.3, -0.25) is 14.6 Å². The molecule has 68 valence electrons. The van der Waals surface area contributed by atoms with E-state index in [9.17, 15) is 8.42 Å². The number of nitrogens with one attached hydrogen (secondary N) is 1. The van der Waals surface area contributed by atoms with Crippen molar-refractivity contribution in [3.8, 4) is 0 Å². The molecule has 2 heterocycles. The van der Waals surface area contributed by atoms with E-state index in [-0.39, 0.29) is 10.5 Å². The molecule has 0 spiro atoms. The third-order valence-electron chi connectivity index (χ3n) is 1.54. The predicted molar refractivity (Wildman–Crippen MR) is 43.7 cm³/mol. The summed E-state index contributed by atoms with van der Waals surface area (Å²) in [4.78, 5) is 3.77. The number of fused-ring (bicyclic) bond motifs is 1. The van der Waals surface area contributed by atoms with Crippen molar-refractivity contribution in [1.29, 1.82) is 0 Å². The third kappa shape index (κ3) is 1.27. The van der Waals surface area contributed by atoms with E-state index in [4.69, 9.17) is 4.55 Å². The lowest BCUT2D eigenvalue weighted by atomic mass is 10.4. The van der Waals surface area contributed by atoms with E-state index in [1.165, 1.54) is 6.20 Å². The summed E-state index contributed by atoms with van der Waals surface area (Å²) < 4.78 is 30.2. The van der Waals surface area contributed by atoms with Crippen LogP contribution in [-0.4, -0.2) is 28.2 Å². The Kier molecular flexibility index (Phi) is 1.57. The van der Waals surface area contributed by atoms with Gasteiger partial charge in [0.15, 0.2) is 0 Å². The molecule has 0 radical (unpaired) electrons. The van der Waals surface area contributed by atoms with Gasteiger partial charge in [-0.25, -0.2) is 0 Å². The number of H-pyrrole nitrogens is 1. The minimum absolute atomic E-state index is 0.144. The Morgan fingerprint density at radius 1 is 1.46 bits per heavy atom. The summed E-state index contributed by atoms with van der Waals surface area (Å²) in [6.45, 7) is 0. The van der Waals surface area contributed by atoms with E-state index in [0.29, 0.717) is 5.52 Å². The Hall–Kier alpha value is -1.47. The zero-order chi connectivity index (χ0) is 9.47. The van der Waals surface area contributed by atoms with Crippen LogP contribution in [0.5, 0.6) is 0 Å². The van der Waals surface area contributed by atoms with Gasteiger partial charge >= 0.3 is 10.1 Å². The van der Waals surface area contributed by atoms with Crippen LogP contribution in [0.1, 0.15) is 0 Å². The highest BCUT2D eigenvalue weighted by atomic mass is 32.2. The van der Waals surface area contributed by atoms with Crippen molar-refractivity contribution >= 4 is 21.2 Å². The SMILES string of the molecule is O=S(=O)(O)c1[nH]nc2cccnc12. The van der Waals surface area contributed by atoms with Crippen LogP contribution in [0, 0.1) is 0 Å². The molecule has 0 atom stereocenters. The molecular weight excluding hydrogens is 194 g/mol. The predicted octanol–water partition coefficient (Wildman–Crippen LogP) is 0.205. The molecule has 0 aliphatic heterocycles. The van der Waals surface area contributed by atoms with Crippen molar-refractivity contribution in [2.45, 2.75) is 5.03 Å². The monoisotopic (exact) mass is 199 g/mol. The summed E-state index contributed by atoms with van der Waals surface area (Å²) in [6.07, 6.45) is 1.42.